The van der Waals surface area contributed by atoms with Crippen LogP contribution in [0.4, 0.5) is 5.69 Å². The Balaban J connectivity index is 1.60. The van der Waals surface area contributed by atoms with E-state index >= 15 is 0 Å². The molecule has 126 valence electrons. The predicted molar refractivity (Wildman–Crippen MR) is 110 cm³/mol. The van der Waals surface area contributed by atoms with E-state index in [0.717, 1.165) is 26.5 Å². The van der Waals surface area contributed by atoms with Crippen molar-refractivity contribution in [2.75, 3.05) is 0 Å². The first-order chi connectivity index (χ1) is 12.8. The van der Waals surface area contributed by atoms with E-state index in [9.17, 15) is 5.11 Å². The Kier molecular flexibility index (Phi) is 4.58. The lowest BCUT2D eigenvalue weighted by molar-refractivity contribution is 0.477. The van der Waals surface area contributed by atoms with Crippen molar-refractivity contribution in [1.29, 1.82) is 0 Å². The molecule has 0 unspecified atom stereocenters. The summed E-state index contributed by atoms with van der Waals surface area (Å²) in [5, 5.41) is 11.0. The molecule has 4 aromatic rings. The first-order valence-corrected chi connectivity index (χ1v) is 9.06. The third kappa shape index (κ3) is 3.55. The van der Waals surface area contributed by atoms with Gasteiger partial charge in [-0.1, -0.05) is 48.5 Å². The minimum Gasteiger partial charge on any atom is -0.507 e. The van der Waals surface area contributed by atoms with Crippen LogP contribution in [0.3, 0.4) is 0 Å². The van der Waals surface area contributed by atoms with Gasteiger partial charge in [0.05, 0.1) is 21.5 Å². The van der Waals surface area contributed by atoms with Crippen LogP contribution in [-0.2, 0) is 0 Å². The molecule has 3 nitrogen and oxygen atoms in total. The molecule has 0 amide bonds. The van der Waals surface area contributed by atoms with Gasteiger partial charge >= 0.3 is 0 Å². The van der Waals surface area contributed by atoms with E-state index in [2.05, 4.69) is 9.98 Å². The van der Waals surface area contributed by atoms with Gasteiger partial charge in [0.15, 0.2) is 0 Å². The monoisotopic (exact) mass is 356 g/mol. The van der Waals surface area contributed by atoms with Crippen molar-refractivity contribution in [3.05, 3.63) is 84.4 Å². The van der Waals surface area contributed by atoms with Crippen LogP contribution in [0, 0.1) is 0 Å². The van der Waals surface area contributed by atoms with E-state index in [1.807, 2.05) is 72.8 Å². The van der Waals surface area contributed by atoms with Crippen molar-refractivity contribution >= 4 is 39.5 Å². The molecule has 0 atom stereocenters. The average Bonchev–Trinajstić information content (AvgIpc) is 3.11. The van der Waals surface area contributed by atoms with Gasteiger partial charge in [-0.2, -0.15) is 0 Å². The van der Waals surface area contributed by atoms with Crippen molar-refractivity contribution < 1.29 is 5.11 Å². The lowest BCUT2D eigenvalue weighted by Gasteiger charge is -2.02. The standard InChI is InChI=1S/C22H16N2OS/c25-20-13-12-17(23-14-6-9-16-7-2-1-3-8-16)15-18(20)22-24-19-10-4-5-11-21(19)26-22/h1-15,25H/b9-6-,23-14?. The maximum Gasteiger partial charge on any atom is 0.128 e. The van der Waals surface area contributed by atoms with Crippen LogP contribution in [0.1, 0.15) is 5.56 Å². The van der Waals surface area contributed by atoms with E-state index in [4.69, 9.17) is 0 Å². The molecule has 26 heavy (non-hydrogen) atoms. The van der Waals surface area contributed by atoms with Crippen LogP contribution >= 0.6 is 11.3 Å². The number of para-hydroxylation sites is 1. The maximum atomic E-state index is 10.2. The summed E-state index contributed by atoms with van der Waals surface area (Å²) < 4.78 is 1.10. The van der Waals surface area contributed by atoms with Gasteiger partial charge in [-0.3, -0.25) is 4.99 Å². The van der Waals surface area contributed by atoms with E-state index < -0.39 is 0 Å². The molecular weight excluding hydrogens is 340 g/mol. The number of aliphatic imine (C=N–C) groups is 1. The quantitative estimate of drug-likeness (QED) is 0.450. The summed E-state index contributed by atoms with van der Waals surface area (Å²) in [6.45, 7) is 0. The van der Waals surface area contributed by atoms with Gasteiger partial charge in [-0.15, -0.1) is 11.3 Å². The van der Waals surface area contributed by atoms with Gasteiger partial charge in [0.2, 0.25) is 0 Å². The molecule has 3 aromatic carbocycles. The Labute approximate surface area is 155 Å². The maximum absolute atomic E-state index is 10.2. The average molecular weight is 356 g/mol. The molecule has 0 saturated heterocycles. The highest BCUT2D eigenvalue weighted by molar-refractivity contribution is 7.21. The lowest BCUT2D eigenvalue weighted by atomic mass is 10.2. The zero-order chi connectivity index (χ0) is 17.8. The number of hydrogen-bond acceptors (Lipinski definition) is 4. The molecule has 0 aliphatic heterocycles. The van der Waals surface area contributed by atoms with E-state index in [1.165, 1.54) is 0 Å². The molecule has 0 fully saturated rings. The number of nitrogens with zero attached hydrogens (tertiary/aromatic N) is 2. The van der Waals surface area contributed by atoms with Crippen molar-refractivity contribution in [2.24, 2.45) is 4.99 Å². The zero-order valence-electron chi connectivity index (χ0n) is 13.9. The van der Waals surface area contributed by atoms with Crippen molar-refractivity contribution in [1.82, 2.24) is 4.98 Å². The van der Waals surface area contributed by atoms with Gasteiger partial charge in [-0.25, -0.2) is 4.98 Å². The fourth-order valence-corrected chi connectivity index (χ4v) is 3.60. The summed E-state index contributed by atoms with van der Waals surface area (Å²) in [4.78, 5) is 9.07. The fourth-order valence-electron chi connectivity index (χ4n) is 2.61. The Morgan fingerprint density at radius 1 is 0.923 bits per heavy atom. The molecule has 4 rings (SSSR count). The van der Waals surface area contributed by atoms with E-state index in [-0.39, 0.29) is 5.75 Å². The number of phenols is 1. The molecule has 0 aliphatic rings. The Hall–Kier alpha value is -3.24. The number of allylic oxidation sites excluding steroid dienone is 1. The second-order valence-corrected chi connectivity index (χ2v) is 6.77. The largest absolute Gasteiger partial charge is 0.507 e. The summed E-state index contributed by atoms with van der Waals surface area (Å²) >= 11 is 1.56. The summed E-state index contributed by atoms with van der Waals surface area (Å²) in [7, 11) is 0. The van der Waals surface area contributed by atoms with Gasteiger partial charge in [-0.05, 0) is 42.0 Å². The van der Waals surface area contributed by atoms with Crippen LogP contribution in [-0.4, -0.2) is 16.3 Å². The number of aromatic hydroxyl groups is 1. The molecule has 1 aromatic heterocycles. The lowest BCUT2D eigenvalue weighted by Crippen LogP contribution is -1.78. The van der Waals surface area contributed by atoms with Crippen molar-refractivity contribution in [3.8, 4) is 16.3 Å². The number of hydrogen-bond donors (Lipinski definition) is 1. The molecule has 0 spiro atoms. The first kappa shape index (κ1) is 16.2. The minimum atomic E-state index is 0.211. The third-order valence-electron chi connectivity index (χ3n) is 3.90. The minimum absolute atomic E-state index is 0.211. The van der Waals surface area contributed by atoms with Crippen LogP contribution in [0.5, 0.6) is 5.75 Å². The van der Waals surface area contributed by atoms with E-state index in [0.29, 0.717) is 5.56 Å². The summed E-state index contributed by atoms with van der Waals surface area (Å²) in [5.41, 5.74) is 3.54. The molecule has 0 saturated carbocycles. The fraction of sp³-hybridized carbons (Fsp3) is 0. The summed E-state index contributed by atoms with van der Waals surface area (Å²) in [6, 6.07) is 23.3. The second-order valence-electron chi connectivity index (χ2n) is 5.74. The number of rotatable bonds is 4. The Bertz CT molecular complexity index is 1060. The van der Waals surface area contributed by atoms with Crippen LogP contribution in [0.2, 0.25) is 0 Å². The molecule has 1 heterocycles. The number of fused-ring (bicyclic) bond motifs is 1. The Morgan fingerprint density at radius 3 is 2.58 bits per heavy atom. The van der Waals surface area contributed by atoms with Crippen LogP contribution in [0.15, 0.2) is 83.9 Å². The van der Waals surface area contributed by atoms with Crippen molar-refractivity contribution in [3.63, 3.8) is 0 Å². The van der Waals surface area contributed by atoms with Crippen molar-refractivity contribution in [2.45, 2.75) is 0 Å². The van der Waals surface area contributed by atoms with Gasteiger partial charge in [0, 0.05) is 6.21 Å². The van der Waals surface area contributed by atoms with Crippen LogP contribution in [0.25, 0.3) is 26.9 Å². The number of phenolic OH excluding ortho intramolecular Hbond substituents is 1. The van der Waals surface area contributed by atoms with Gasteiger partial charge < -0.3 is 5.11 Å². The Morgan fingerprint density at radius 2 is 1.73 bits per heavy atom. The molecule has 0 radical (unpaired) electrons. The predicted octanol–water partition coefficient (Wildman–Crippen LogP) is 6.08. The van der Waals surface area contributed by atoms with Crippen LogP contribution < -0.4 is 0 Å². The van der Waals surface area contributed by atoms with E-state index in [1.54, 1.807) is 29.7 Å². The SMILES string of the molecule is Oc1ccc(N=C/C=C\c2ccccc2)cc1-c1nc2ccccc2s1. The normalized spacial score (nSPS) is 11.7. The number of benzene rings is 3. The zero-order valence-corrected chi connectivity index (χ0v) is 14.7. The summed E-state index contributed by atoms with van der Waals surface area (Å²) in [5.74, 6) is 0.211. The molecule has 1 N–H and O–H groups in total. The highest BCUT2D eigenvalue weighted by atomic mass is 32.1. The number of thiazole rings is 1. The summed E-state index contributed by atoms with van der Waals surface area (Å²) in [6.07, 6.45) is 5.65. The first-order valence-electron chi connectivity index (χ1n) is 8.24. The highest BCUT2D eigenvalue weighted by Crippen LogP contribution is 2.37. The van der Waals surface area contributed by atoms with Gasteiger partial charge in [0.1, 0.15) is 10.8 Å². The number of aromatic nitrogens is 1. The molecular formula is C22H16N2OS. The molecule has 0 aliphatic carbocycles. The topological polar surface area (TPSA) is 45.5 Å². The highest BCUT2D eigenvalue weighted by Gasteiger charge is 2.10. The second kappa shape index (κ2) is 7.33. The smallest absolute Gasteiger partial charge is 0.128 e. The van der Waals surface area contributed by atoms with Gasteiger partial charge in [0.25, 0.3) is 0 Å². The molecule has 4 heteroatoms. The molecule has 0 bridgehead atoms. The third-order valence-corrected chi connectivity index (χ3v) is 4.97.